The minimum absolute atomic E-state index is 0.418. The summed E-state index contributed by atoms with van der Waals surface area (Å²) in [5, 5.41) is 0. The summed E-state index contributed by atoms with van der Waals surface area (Å²) < 4.78 is 2.21. The lowest BCUT2D eigenvalue weighted by Crippen LogP contribution is -2.43. The van der Waals surface area contributed by atoms with Gasteiger partial charge in [-0.2, -0.15) is 0 Å². The molecule has 0 radical (unpaired) electrons. The number of carbonyl (C=O) groups excluding carboxylic acids is 1. The summed E-state index contributed by atoms with van der Waals surface area (Å²) >= 11 is 1.85. The molecule has 1 saturated heterocycles. The number of unbranched alkanes of at least 4 members (excludes halogenated alkanes) is 4. The highest BCUT2D eigenvalue weighted by atomic mass is 32.2. The van der Waals surface area contributed by atoms with E-state index in [2.05, 4.69) is 25.1 Å². The Morgan fingerprint density at radius 1 is 1.24 bits per heavy atom. The Morgan fingerprint density at radius 3 is 2.71 bits per heavy atom. The molecule has 0 aromatic rings. The summed E-state index contributed by atoms with van der Waals surface area (Å²) in [6.45, 7) is 7.16. The first-order valence-corrected chi connectivity index (χ1v) is 9.92. The number of hydrogen-bond acceptors (Lipinski definition) is 2. The molecule has 0 aromatic carbocycles. The molecule has 3 atom stereocenters. The van der Waals surface area contributed by atoms with Crippen molar-refractivity contribution in [2.45, 2.75) is 84.6 Å². The van der Waals surface area contributed by atoms with E-state index in [4.69, 9.17) is 0 Å². The summed E-state index contributed by atoms with van der Waals surface area (Å²) in [6, 6.07) is 0.541. The molecule has 2 nitrogen and oxygen atoms in total. The van der Waals surface area contributed by atoms with Gasteiger partial charge in [0.05, 0.1) is 6.04 Å². The van der Waals surface area contributed by atoms with Crippen LogP contribution in [0.15, 0.2) is 0 Å². The molecule has 2 aliphatic carbocycles. The Bertz CT molecular complexity index is 408. The molecule has 21 heavy (non-hydrogen) atoms. The van der Waals surface area contributed by atoms with E-state index in [-0.39, 0.29) is 0 Å². The second kappa shape index (κ2) is 5.79. The van der Waals surface area contributed by atoms with Gasteiger partial charge in [0.25, 0.3) is 0 Å². The van der Waals surface area contributed by atoms with Crippen molar-refractivity contribution in [1.82, 2.24) is 4.31 Å². The van der Waals surface area contributed by atoms with Crippen LogP contribution in [0.5, 0.6) is 0 Å². The van der Waals surface area contributed by atoms with E-state index in [0.717, 1.165) is 18.8 Å². The lowest BCUT2D eigenvalue weighted by atomic mass is 9.69. The standard InChI is InChI=1S/C18H31NOS/c1-4-5-6-7-8-9-16(20)19-15-12-14-10-11-18(15,13-21-19)17(14,2)3/h14-15H,4-13H2,1-3H3/t14-,15-,18-/m1/s1. The third-order valence-electron chi connectivity index (χ3n) is 6.87. The smallest absolute Gasteiger partial charge is 0.232 e. The molecule has 1 amide bonds. The Morgan fingerprint density at radius 2 is 2.00 bits per heavy atom. The summed E-state index contributed by atoms with van der Waals surface area (Å²) in [5.74, 6) is 2.45. The SMILES string of the molecule is CCCCCCCC(=O)N1SC[C@]23CC[C@H](C[C@@H]12)C3(C)C. The zero-order valence-electron chi connectivity index (χ0n) is 14.0. The maximum atomic E-state index is 12.6. The zero-order valence-corrected chi connectivity index (χ0v) is 14.8. The van der Waals surface area contributed by atoms with Crippen LogP contribution < -0.4 is 0 Å². The summed E-state index contributed by atoms with van der Waals surface area (Å²) in [6.07, 6.45) is 11.0. The van der Waals surface area contributed by atoms with Crippen molar-refractivity contribution < 1.29 is 4.79 Å². The van der Waals surface area contributed by atoms with Crippen molar-refractivity contribution in [2.75, 3.05) is 5.75 Å². The fraction of sp³-hybridized carbons (Fsp3) is 0.944. The Kier molecular flexibility index (Phi) is 4.33. The van der Waals surface area contributed by atoms with Crippen LogP contribution in [0.4, 0.5) is 0 Å². The van der Waals surface area contributed by atoms with E-state index in [1.807, 2.05) is 11.9 Å². The summed E-state index contributed by atoms with van der Waals surface area (Å²) in [4.78, 5) is 12.6. The second-order valence-corrected chi connectivity index (χ2v) is 8.96. The van der Waals surface area contributed by atoms with E-state index in [0.29, 0.717) is 22.8 Å². The third-order valence-corrected chi connectivity index (χ3v) is 8.25. The molecule has 1 aliphatic heterocycles. The highest BCUT2D eigenvalue weighted by Crippen LogP contribution is 2.71. The number of rotatable bonds is 6. The van der Waals surface area contributed by atoms with Gasteiger partial charge in [-0.25, -0.2) is 0 Å². The molecule has 120 valence electrons. The first kappa shape index (κ1) is 15.7. The number of nitrogens with zero attached hydrogens (tertiary/aromatic N) is 1. The van der Waals surface area contributed by atoms with E-state index < -0.39 is 0 Å². The van der Waals surface area contributed by atoms with Crippen LogP contribution in [0.1, 0.15) is 78.6 Å². The van der Waals surface area contributed by atoms with Gasteiger partial charge in [0, 0.05) is 17.6 Å². The van der Waals surface area contributed by atoms with Crippen LogP contribution in [0.3, 0.4) is 0 Å². The maximum Gasteiger partial charge on any atom is 0.232 e. The van der Waals surface area contributed by atoms with Gasteiger partial charge in [-0.3, -0.25) is 9.10 Å². The molecule has 1 heterocycles. The van der Waals surface area contributed by atoms with Crippen molar-refractivity contribution in [2.24, 2.45) is 16.7 Å². The minimum Gasteiger partial charge on any atom is -0.283 e. The van der Waals surface area contributed by atoms with Crippen LogP contribution in [0.25, 0.3) is 0 Å². The Labute approximate surface area is 134 Å². The van der Waals surface area contributed by atoms with Crippen LogP contribution in [-0.2, 0) is 4.79 Å². The maximum absolute atomic E-state index is 12.6. The van der Waals surface area contributed by atoms with Gasteiger partial charge in [0.15, 0.2) is 0 Å². The quantitative estimate of drug-likeness (QED) is 0.506. The van der Waals surface area contributed by atoms with Crippen molar-refractivity contribution in [3.05, 3.63) is 0 Å². The molecule has 0 unspecified atom stereocenters. The molecule has 2 saturated carbocycles. The van der Waals surface area contributed by atoms with E-state index in [9.17, 15) is 4.79 Å². The van der Waals surface area contributed by atoms with Crippen LogP contribution >= 0.6 is 11.9 Å². The molecule has 3 rings (SSSR count). The first-order chi connectivity index (χ1) is 10.0. The molecule has 1 spiro atoms. The fourth-order valence-corrected chi connectivity index (χ4v) is 6.99. The molecule has 0 aromatic heterocycles. The summed E-state index contributed by atoms with van der Waals surface area (Å²) in [7, 11) is 0. The monoisotopic (exact) mass is 309 g/mol. The molecular weight excluding hydrogens is 278 g/mol. The highest BCUT2D eigenvalue weighted by Gasteiger charge is 2.68. The van der Waals surface area contributed by atoms with E-state index in [1.54, 1.807) is 0 Å². The molecule has 3 heteroatoms. The Hall–Kier alpha value is -0.180. The van der Waals surface area contributed by atoms with Gasteiger partial charge in [-0.15, -0.1) is 0 Å². The minimum atomic E-state index is 0.418. The molecule has 3 fully saturated rings. The zero-order chi connectivity index (χ0) is 15.1. The lowest BCUT2D eigenvalue weighted by Gasteiger charge is -2.37. The molecular formula is C18H31NOS. The third kappa shape index (κ3) is 2.34. The van der Waals surface area contributed by atoms with E-state index >= 15 is 0 Å². The average molecular weight is 310 g/mol. The van der Waals surface area contributed by atoms with Gasteiger partial charge in [-0.05, 0) is 49.0 Å². The first-order valence-electron chi connectivity index (χ1n) is 8.98. The van der Waals surface area contributed by atoms with Crippen molar-refractivity contribution >= 4 is 17.9 Å². The van der Waals surface area contributed by atoms with Crippen molar-refractivity contribution in [1.29, 1.82) is 0 Å². The van der Waals surface area contributed by atoms with Crippen LogP contribution in [-0.4, -0.2) is 22.0 Å². The lowest BCUT2D eigenvalue weighted by molar-refractivity contribution is -0.128. The van der Waals surface area contributed by atoms with Crippen LogP contribution in [0, 0.1) is 16.7 Å². The van der Waals surface area contributed by atoms with Crippen molar-refractivity contribution in [3.8, 4) is 0 Å². The molecule has 3 aliphatic rings. The van der Waals surface area contributed by atoms with Gasteiger partial charge in [-0.1, -0.05) is 46.5 Å². The predicted octanol–water partition coefficient (Wildman–Crippen LogP) is 5.03. The largest absolute Gasteiger partial charge is 0.283 e. The Balaban J connectivity index is 1.56. The van der Waals surface area contributed by atoms with Gasteiger partial charge in [0.1, 0.15) is 0 Å². The number of carbonyl (C=O) groups is 1. The highest BCUT2D eigenvalue weighted by molar-refractivity contribution is 7.97. The topological polar surface area (TPSA) is 20.3 Å². The molecule has 0 N–H and O–H groups in total. The molecule has 2 bridgehead atoms. The number of fused-ring (bicyclic) bond motifs is 1. The summed E-state index contributed by atoms with van der Waals surface area (Å²) in [5.41, 5.74) is 0.876. The van der Waals surface area contributed by atoms with Crippen LogP contribution in [0.2, 0.25) is 0 Å². The van der Waals surface area contributed by atoms with E-state index in [1.165, 1.54) is 50.7 Å². The van der Waals surface area contributed by atoms with Crippen molar-refractivity contribution in [3.63, 3.8) is 0 Å². The average Bonchev–Trinajstić information content (AvgIpc) is 3.03. The van der Waals surface area contributed by atoms with Gasteiger partial charge < -0.3 is 0 Å². The second-order valence-electron chi connectivity index (χ2n) is 8.02. The number of hydrogen-bond donors (Lipinski definition) is 0. The fourth-order valence-electron chi connectivity index (χ4n) is 5.21. The van der Waals surface area contributed by atoms with Gasteiger partial charge in [0.2, 0.25) is 5.91 Å². The van der Waals surface area contributed by atoms with Gasteiger partial charge >= 0.3 is 0 Å². The predicted molar refractivity (Wildman–Crippen MR) is 90.0 cm³/mol. The normalized spacial score (nSPS) is 36.2. The number of amides is 1.